The summed E-state index contributed by atoms with van der Waals surface area (Å²) in [5.74, 6) is 2.11. The third-order valence-corrected chi connectivity index (χ3v) is 4.34. The van der Waals surface area contributed by atoms with E-state index in [0.717, 1.165) is 29.1 Å². The molecular formula is C14H17N7O2. The lowest BCUT2D eigenvalue weighted by atomic mass is 10.4. The van der Waals surface area contributed by atoms with Gasteiger partial charge in [-0.2, -0.15) is 5.10 Å². The van der Waals surface area contributed by atoms with E-state index in [-0.39, 0.29) is 11.2 Å². The molecule has 1 aliphatic carbocycles. The molecule has 0 saturated heterocycles. The lowest BCUT2D eigenvalue weighted by Crippen LogP contribution is -2.37. The summed E-state index contributed by atoms with van der Waals surface area (Å²) in [7, 11) is 4.92. The van der Waals surface area contributed by atoms with Gasteiger partial charge in [0.25, 0.3) is 5.56 Å². The molecule has 0 radical (unpaired) electrons. The minimum atomic E-state index is -0.387. The summed E-state index contributed by atoms with van der Waals surface area (Å²) in [6.45, 7) is 0.389. The minimum absolute atomic E-state index is 0.356. The van der Waals surface area contributed by atoms with Gasteiger partial charge in [-0.05, 0) is 12.8 Å². The molecule has 120 valence electrons. The third-order valence-electron chi connectivity index (χ3n) is 4.34. The second-order valence-electron chi connectivity index (χ2n) is 6.03. The van der Waals surface area contributed by atoms with Crippen molar-refractivity contribution >= 4 is 11.2 Å². The van der Waals surface area contributed by atoms with Gasteiger partial charge in [-0.15, -0.1) is 0 Å². The van der Waals surface area contributed by atoms with Crippen LogP contribution in [0.1, 0.15) is 30.4 Å². The second kappa shape index (κ2) is 4.64. The Labute approximate surface area is 130 Å². The molecule has 0 N–H and O–H groups in total. The number of rotatable bonds is 3. The first kappa shape index (κ1) is 13.9. The number of fused-ring (bicyclic) bond motifs is 1. The van der Waals surface area contributed by atoms with Crippen LogP contribution in [0.3, 0.4) is 0 Å². The van der Waals surface area contributed by atoms with Crippen molar-refractivity contribution < 1.29 is 0 Å². The van der Waals surface area contributed by atoms with Crippen molar-refractivity contribution in [3.8, 4) is 0 Å². The minimum Gasteiger partial charge on any atom is -0.317 e. The van der Waals surface area contributed by atoms with Crippen LogP contribution in [0.25, 0.3) is 11.2 Å². The van der Waals surface area contributed by atoms with Gasteiger partial charge in [-0.1, -0.05) is 0 Å². The van der Waals surface area contributed by atoms with Crippen molar-refractivity contribution in [3.63, 3.8) is 0 Å². The number of aromatic nitrogens is 7. The zero-order valence-corrected chi connectivity index (χ0v) is 13.2. The molecule has 1 saturated carbocycles. The first-order valence-electron chi connectivity index (χ1n) is 7.48. The Hall–Kier alpha value is -2.71. The van der Waals surface area contributed by atoms with Gasteiger partial charge >= 0.3 is 5.69 Å². The molecule has 0 unspecified atom stereocenters. The van der Waals surface area contributed by atoms with Crippen LogP contribution in [-0.2, 0) is 27.7 Å². The Morgan fingerprint density at radius 1 is 1.17 bits per heavy atom. The topological polar surface area (TPSA) is 92.5 Å². The Kier molecular flexibility index (Phi) is 2.81. The Bertz CT molecular complexity index is 1030. The second-order valence-corrected chi connectivity index (χ2v) is 6.03. The van der Waals surface area contributed by atoms with Gasteiger partial charge in [0.05, 0.1) is 12.9 Å². The van der Waals surface area contributed by atoms with Crippen LogP contribution in [0.5, 0.6) is 0 Å². The van der Waals surface area contributed by atoms with Crippen LogP contribution in [0.15, 0.2) is 15.9 Å². The molecule has 0 atom stereocenters. The molecule has 3 aromatic heterocycles. The molecule has 0 amide bonds. The summed E-state index contributed by atoms with van der Waals surface area (Å²) in [5, 5.41) is 4.44. The first-order valence-corrected chi connectivity index (χ1v) is 7.48. The highest BCUT2D eigenvalue weighted by Crippen LogP contribution is 2.38. The highest BCUT2D eigenvalue weighted by molar-refractivity contribution is 5.70. The van der Waals surface area contributed by atoms with E-state index < -0.39 is 0 Å². The highest BCUT2D eigenvalue weighted by Gasteiger charge is 2.28. The number of nitrogens with zero attached hydrogens (tertiary/aromatic N) is 7. The molecule has 9 nitrogen and oxygen atoms in total. The monoisotopic (exact) mass is 315 g/mol. The molecular weight excluding hydrogens is 298 g/mol. The predicted octanol–water partition coefficient (Wildman–Crippen LogP) is -0.512. The SMILES string of the molecule is Cn1nc(C2CC2)nc1Cn1cnc2c1c(=O)n(C)c(=O)n2C. The molecule has 0 aromatic carbocycles. The van der Waals surface area contributed by atoms with Crippen LogP contribution in [0.2, 0.25) is 0 Å². The average Bonchev–Trinajstić information content (AvgIpc) is 3.20. The maximum atomic E-state index is 12.4. The van der Waals surface area contributed by atoms with E-state index in [2.05, 4.69) is 15.1 Å². The van der Waals surface area contributed by atoms with E-state index in [1.807, 2.05) is 7.05 Å². The van der Waals surface area contributed by atoms with Crippen LogP contribution < -0.4 is 11.2 Å². The maximum Gasteiger partial charge on any atom is 0.332 e. The van der Waals surface area contributed by atoms with Crippen LogP contribution in [0, 0.1) is 0 Å². The van der Waals surface area contributed by atoms with E-state index in [4.69, 9.17) is 0 Å². The lowest BCUT2D eigenvalue weighted by molar-refractivity contribution is 0.653. The van der Waals surface area contributed by atoms with Crippen LogP contribution >= 0.6 is 0 Å². The predicted molar refractivity (Wildman–Crippen MR) is 82.3 cm³/mol. The van der Waals surface area contributed by atoms with Gasteiger partial charge in [-0.3, -0.25) is 18.6 Å². The molecule has 0 spiro atoms. The van der Waals surface area contributed by atoms with Gasteiger partial charge in [0.15, 0.2) is 17.0 Å². The molecule has 4 rings (SSSR count). The van der Waals surface area contributed by atoms with E-state index in [0.29, 0.717) is 23.6 Å². The largest absolute Gasteiger partial charge is 0.332 e. The molecule has 0 bridgehead atoms. The molecule has 3 aromatic rings. The summed E-state index contributed by atoms with van der Waals surface area (Å²) in [6.07, 6.45) is 3.84. The van der Waals surface area contributed by atoms with Gasteiger partial charge in [-0.25, -0.2) is 14.8 Å². The molecule has 23 heavy (non-hydrogen) atoms. The van der Waals surface area contributed by atoms with Crippen molar-refractivity contribution in [1.82, 2.24) is 33.4 Å². The van der Waals surface area contributed by atoms with Crippen molar-refractivity contribution in [3.05, 3.63) is 38.8 Å². The smallest absolute Gasteiger partial charge is 0.317 e. The van der Waals surface area contributed by atoms with Gasteiger partial charge in [0.1, 0.15) is 5.82 Å². The summed E-state index contributed by atoms with van der Waals surface area (Å²) in [4.78, 5) is 33.2. The van der Waals surface area contributed by atoms with Crippen LogP contribution in [-0.4, -0.2) is 33.4 Å². The van der Waals surface area contributed by atoms with E-state index in [1.54, 1.807) is 22.6 Å². The van der Waals surface area contributed by atoms with Crippen molar-refractivity contribution in [1.29, 1.82) is 0 Å². The molecule has 9 heteroatoms. The van der Waals surface area contributed by atoms with E-state index in [9.17, 15) is 9.59 Å². The Balaban J connectivity index is 1.84. The van der Waals surface area contributed by atoms with Crippen molar-refractivity contribution in [2.75, 3.05) is 0 Å². The summed E-state index contributed by atoms with van der Waals surface area (Å²) in [5.41, 5.74) is 0.0286. The number of aryl methyl sites for hydroxylation is 2. The third kappa shape index (κ3) is 2.03. The van der Waals surface area contributed by atoms with Gasteiger partial charge < -0.3 is 4.57 Å². The number of hydrogen-bond donors (Lipinski definition) is 0. The summed E-state index contributed by atoms with van der Waals surface area (Å²) in [6, 6.07) is 0. The molecule has 0 aliphatic heterocycles. The molecule has 1 aliphatic rings. The van der Waals surface area contributed by atoms with Gasteiger partial charge in [0.2, 0.25) is 0 Å². The van der Waals surface area contributed by atoms with Crippen molar-refractivity contribution in [2.24, 2.45) is 21.1 Å². The molecule has 3 heterocycles. The maximum absolute atomic E-state index is 12.4. The molecule has 1 fully saturated rings. The zero-order chi connectivity index (χ0) is 16.3. The van der Waals surface area contributed by atoms with Crippen LogP contribution in [0.4, 0.5) is 0 Å². The number of imidazole rings is 1. The quantitative estimate of drug-likeness (QED) is 0.649. The van der Waals surface area contributed by atoms with E-state index >= 15 is 0 Å². The number of hydrogen-bond acceptors (Lipinski definition) is 5. The fourth-order valence-corrected chi connectivity index (χ4v) is 2.76. The average molecular weight is 315 g/mol. The summed E-state index contributed by atoms with van der Waals surface area (Å²) < 4.78 is 5.93. The fraction of sp³-hybridized carbons (Fsp3) is 0.500. The lowest BCUT2D eigenvalue weighted by Gasteiger charge is -2.06. The van der Waals surface area contributed by atoms with Gasteiger partial charge in [0, 0.05) is 27.1 Å². The van der Waals surface area contributed by atoms with Crippen molar-refractivity contribution in [2.45, 2.75) is 25.3 Å². The zero-order valence-electron chi connectivity index (χ0n) is 13.2. The highest BCUT2D eigenvalue weighted by atomic mass is 16.2. The Morgan fingerprint density at radius 3 is 2.61 bits per heavy atom. The first-order chi connectivity index (χ1) is 11.0. The standard InChI is InChI=1S/C14H17N7O2/c1-18-12-10(13(22)19(2)14(18)23)21(7-15-12)6-9-16-11(8-4-5-8)17-20(9)3/h7-8H,4-6H2,1-3H3. The van der Waals surface area contributed by atoms with E-state index in [1.165, 1.54) is 11.6 Å². The fourth-order valence-electron chi connectivity index (χ4n) is 2.76. The Morgan fingerprint density at radius 2 is 1.91 bits per heavy atom. The normalized spacial score (nSPS) is 14.7. The summed E-state index contributed by atoms with van der Waals surface area (Å²) >= 11 is 0.